The van der Waals surface area contributed by atoms with E-state index >= 15 is 0 Å². The van der Waals surface area contributed by atoms with Gasteiger partial charge >= 0.3 is 6.03 Å². The van der Waals surface area contributed by atoms with Crippen molar-refractivity contribution in [2.24, 2.45) is 0 Å². The quantitative estimate of drug-likeness (QED) is 0.637. The molecule has 0 fully saturated rings. The zero-order valence-electron chi connectivity index (χ0n) is 16.8. The van der Waals surface area contributed by atoms with E-state index in [4.69, 9.17) is 14.2 Å². The van der Waals surface area contributed by atoms with Gasteiger partial charge in [0.25, 0.3) is 0 Å². The second-order valence-electron chi connectivity index (χ2n) is 7.04. The summed E-state index contributed by atoms with van der Waals surface area (Å²) in [4.78, 5) is 14.8. The topological polar surface area (TPSA) is 60.0 Å². The van der Waals surface area contributed by atoms with Crippen LogP contribution in [0.5, 0.6) is 17.2 Å². The molecule has 3 aromatic carbocycles. The van der Waals surface area contributed by atoms with Crippen molar-refractivity contribution in [2.75, 3.05) is 13.9 Å². The predicted octanol–water partition coefficient (Wildman–Crippen LogP) is 4.34. The molecule has 0 unspecified atom stereocenters. The molecule has 0 atom stereocenters. The maximum Gasteiger partial charge on any atom is 0.318 e. The number of fused-ring (bicyclic) bond motifs is 1. The predicted molar refractivity (Wildman–Crippen MR) is 113 cm³/mol. The van der Waals surface area contributed by atoms with Crippen LogP contribution in [0.1, 0.15) is 16.7 Å². The van der Waals surface area contributed by atoms with Crippen molar-refractivity contribution < 1.29 is 19.0 Å². The van der Waals surface area contributed by atoms with Crippen molar-refractivity contribution in [3.05, 3.63) is 89.5 Å². The summed E-state index contributed by atoms with van der Waals surface area (Å²) in [7, 11) is 1.64. The van der Waals surface area contributed by atoms with Gasteiger partial charge in [0.05, 0.1) is 7.11 Å². The van der Waals surface area contributed by atoms with E-state index in [1.54, 1.807) is 12.0 Å². The van der Waals surface area contributed by atoms with Crippen molar-refractivity contribution in [1.29, 1.82) is 0 Å². The Hall–Kier alpha value is -3.67. The molecule has 0 saturated heterocycles. The fourth-order valence-corrected chi connectivity index (χ4v) is 3.30. The van der Waals surface area contributed by atoms with Crippen LogP contribution in [0.25, 0.3) is 0 Å². The molecule has 1 N–H and O–H groups in total. The minimum Gasteiger partial charge on any atom is -0.497 e. The Labute approximate surface area is 176 Å². The molecule has 0 bridgehead atoms. The van der Waals surface area contributed by atoms with E-state index in [1.807, 2.05) is 72.8 Å². The van der Waals surface area contributed by atoms with Crippen LogP contribution in [0.4, 0.5) is 4.79 Å². The van der Waals surface area contributed by atoms with E-state index < -0.39 is 0 Å². The number of nitrogens with zero attached hydrogens (tertiary/aromatic N) is 1. The van der Waals surface area contributed by atoms with E-state index in [0.29, 0.717) is 25.4 Å². The van der Waals surface area contributed by atoms with E-state index in [2.05, 4.69) is 5.32 Å². The third kappa shape index (κ3) is 4.84. The number of urea groups is 1. The van der Waals surface area contributed by atoms with Crippen LogP contribution < -0.4 is 19.5 Å². The Morgan fingerprint density at radius 2 is 1.57 bits per heavy atom. The molecule has 0 spiro atoms. The van der Waals surface area contributed by atoms with Gasteiger partial charge < -0.3 is 24.4 Å². The van der Waals surface area contributed by atoms with Gasteiger partial charge in [0, 0.05) is 19.6 Å². The summed E-state index contributed by atoms with van der Waals surface area (Å²) in [5, 5.41) is 3.02. The second-order valence-corrected chi connectivity index (χ2v) is 7.04. The Morgan fingerprint density at radius 3 is 2.30 bits per heavy atom. The van der Waals surface area contributed by atoms with Gasteiger partial charge in [0.15, 0.2) is 11.5 Å². The fourth-order valence-electron chi connectivity index (χ4n) is 3.30. The van der Waals surface area contributed by atoms with E-state index in [1.165, 1.54) is 0 Å². The van der Waals surface area contributed by atoms with Gasteiger partial charge in [-0.05, 0) is 41.0 Å². The minimum absolute atomic E-state index is 0.132. The highest BCUT2D eigenvalue weighted by molar-refractivity contribution is 5.74. The Bertz CT molecular complexity index is 990. The number of hydrogen-bond acceptors (Lipinski definition) is 4. The van der Waals surface area contributed by atoms with Crippen LogP contribution in [0.2, 0.25) is 0 Å². The summed E-state index contributed by atoms with van der Waals surface area (Å²) in [6.45, 7) is 1.65. The lowest BCUT2D eigenvalue weighted by Crippen LogP contribution is -2.38. The SMILES string of the molecule is COc1ccc(CN(Cc2ccccc2)C(=O)NCc2ccc3c(c2)OCO3)cc1. The van der Waals surface area contributed by atoms with Crippen molar-refractivity contribution in [3.8, 4) is 17.2 Å². The lowest BCUT2D eigenvalue weighted by molar-refractivity contribution is 0.174. The molecule has 6 heteroatoms. The molecule has 0 aliphatic carbocycles. The van der Waals surface area contributed by atoms with Crippen LogP contribution in [0, 0.1) is 0 Å². The summed E-state index contributed by atoms with van der Waals surface area (Å²) in [5.74, 6) is 2.23. The summed E-state index contributed by atoms with van der Waals surface area (Å²) in [5.41, 5.74) is 3.06. The first-order chi connectivity index (χ1) is 14.7. The van der Waals surface area contributed by atoms with Gasteiger partial charge in [-0.3, -0.25) is 0 Å². The van der Waals surface area contributed by atoms with Crippen LogP contribution in [-0.2, 0) is 19.6 Å². The molecule has 1 aliphatic heterocycles. The number of nitrogens with one attached hydrogen (secondary N) is 1. The fraction of sp³-hybridized carbons (Fsp3) is 0.208. The zero-order valence-corrected chi connectivity index (χ0v) is 16.8. The molecule has 2 amide bonds. The first kappa shape index (κ1) is 19.6. The van der Waals surface area contributed by atoms with Crippen molar-refractivity contribution >= 4 is 6.03 Å². The molecule has 0 aromatic heterocycles. The number of hydrogen-bond donors (Lipinski definition) is 1. The molecule has 0 radical (unpaired) electrons. The number of benzene rings is 3. The molecule has 3 aromatic rings. The van der Waals surface area contributed by atoms with Gasteiger partial charge in [0.1, 0.15) is 5.75 Å². The number of amides is 2. The van der Waals surface area contributed by atoms with E-state index in [0.717, 1.165) is 28.2 Å². The number of rotatable bonds is 7. The third-order valence-electron chi connectivity index (χ3n) is 4.92. The highest BCUT2D eigenvalue weighted by atomic mass is 16.7. The average molecular weight is 404 g/mol. The monoisotopic (exact) mass is 404 g/mol. The zero-order chi connectivity index (χ0) is 20.8. The molecule has 4 rings (SSSR count). The summed E-state index contributed by atoms with van der Waals surface area (Å²) in [6.07, 6.45) is 0. The molecule has 30 heavy (non-hydrogen) atoms. The van der Waals surface area contributed by atoms with Crippen LogP contribution in [0.3, 0.4) is 0 Å². The number of ether oxygens (including phenoxy) is 3. The minimum atomic E-state index is -0.132. The first-order valence-corrected chi connectivity index (χ1v) is 9.79. The standard InChI is InChI=1S/C24H24N2O4/c1-28-21-10-7-19(8-11-21)16-26(15-18-5-3-2-4-6-18)24(27)25-14-20-9-12-22-23(13-20)30-17-29-22/h2-13H,14-17H2,1H3,(H,25,27). The van der Waals surface area contributed by atoms with Crippen LogP contribution in [-0.4, -0.2) is 24.8 Å². The van der Waals surface area contributed by atoms with Crippen LogP contribution >= 0.6 is 0 Å². The average Bonchev–Trinajstić information content (AvgIpc) is 3.26. The van der Waals surface area contributed by atoms with Gasteiger partial charge in [-0.25, -0.2) is 4.79 Å². The molecule has 1 heterocycles. The lowest BCUT2D eigenvalue weighted by Gasteiger charge is -2.24. The van der Waals surface area contributed by atoms with E-state index in [9.17, 15) is 4.79 Å². The van der Waals surface area contributed by atoms with Gasteiger partial charge in [-0.2, -0.15) is 0 Å². The molecule has 154 valence electrons. The third-order valence-corrected chi connectivity index (χ3v) is 4.92. The van der Waals surface area contributed by atoms with Crippen molar-refractivity contribution in [3.63, 3.8) is 0 Å². The van der Waals surface area contributed by atoms with E-state index in [-0.39, 0.29) is 12.8 Å². The van der Waals surface area contributed by atoms with Gasteiger partial charge in [-0.15, -0.1) is 0 Å². The molecular weight excluding hydrogens is 380 g/mol. The summed E-state index contributed by atoms with van der Waals surface area (Å²) >= 11 is 0. The highest BCUT2D eigenvalue weighted by Crippen LogP contribution is 2.32. The maximum absolute atomic E-state index is 13.0. The molecule has 6 nitrogen and oxygen atoms in total. The van der Waals surface area contributed by atoms with Crippen molar-refractivity contribution in [2.45, 2.75) is 19.6 Å². The molecule has 1 aliphatic rings. The van der Waals surface area contributed by atoms with Gasteiger partial charge in [0.2, 0.25) is 6.79 Å². The molecule has 0 saturated carbocycles. The number of carbonyl (C=O) groups is 1. The maximum atomic E-state index is 13.0. The Balaban J connectivity index is 1.45. The van der Waals surface area contributed by atoms with Gasteiger partial charge in [-0.1, -0.05) is 48.5 Å². The van der Waals surface area contributed by atoms with Crippen molar-refractivity contribution in [1.82, 2.24) is 10.2 Å². The van der Waals surface area contributed by atoms with Crippen LogP contribution in [0.15, 0.2) is 72.8 Å². The lowest BCUT2D eigenvalue weighted by atomic mass is 10.1. The highest BCUT2D eigenvalue weighted by Gasteiger charge is 2.16. The summed E-state index contributed by atoms with van der Waals surface area (Å²) in [6, 6.07) is 23.3. The first-order valence-electron chi connectivity index (χ1n) is 9.79. The number of carbonyl (C=O) groups excluding carboxylic acids is 1. The second kappa shape index (κ2) is 9.22. The Morgan fingerprint density at radius 1 is 0.900 bits per heavy atom. The molecular formula is C24H24N2O4. The normalized spacial score (nSPS) is 11.8. The Kier molecular flexibility index (Phi) is 6.03. The number of methoxy groups -OCH3 is 1. The summed E-state index contributed by atoms with van der Waals surface area (Å²) < 4.78 is 16.0. The smallest absolute Gasteiger partial charge is 0.318 e. The largest absolute Gasteiger partial charge is 0.497 e.